The molecule has 0 N–H and O–H groups in total. The number of hydrogen-bond acceptors (Lipinski definition) is 2. The van der Waals surface area contributed by atoms with Crippen molar-refractivity contribution < 1.29 is 12.8 Å². The van der Waals surface area contributed by atoms with Gasteiger partial charge in [0.15, 0.2) is 9.84 Å². The van der Waals surface area contributed by atoms with Gasteiger partial charge in [-0.05, 0) is 18.6 Å². The zero-order valence-electron chi connectivity index (χ0n) is 9.77. The van der Waals surface area contributed by atoms with Crippen LogP contribution in [0.3, 0.4) is 0 Å². The van der Waals surface area contributed by atoms with E-state index in [0.717, 1.165) is 0 Å². The Hall–Kier alpha value is -1.36. The Bertz CT molecular complexity index is 658. The molecule has 0 saturated heterocycles. The second-order valence-electron chi connectivity index (χ2n) is 4.15. The first-order valence-corrected chi connectivity index (χ1v) is 7.42. The number of fused-ring (bicyclic) bond motifs is 1. The van der Waals surface area contributed by atoms with Crippen LogP contribution in [0.2, 0.25) is 0 Å². The molecule has 0 saturated carbocycles. The molecule has 0 atom stereocenters. The van der Waals surface area contributed by atoms with Crippen molar-refractivity contribution in [2.24, 2.45) is 0 Å². The van der Waals surface area contributed by atoms with Gasteiger partial charge in [-0.1, -0.05) is 12.1 Å². The lowest BCUT2D eigenvalue weighted by atomic mass is 10.2. The number of rotatable bonds is 3. The standard InChI is InChI=1S/C12H14FNO2S/c1-3-14-7-9(8-17(2,15)16)10-5-4-6-11(13)12(10)14/h4-7H,3,8H2,1-2H3. The summed E-state index contributed by atoms with van der Waals surface area (Å²) in [6.45, 7) is 2.51. The third kappa shape index (κ3) is 2.34. The fourth-order valence-electron chi connectivity index (χ4n) is 2.04. The van der Waals surface area contributed by atoms with Crippen molar-refractivity contribution in [1.29, 1.82) is 0 Å². The molecule has 0 bridgehead atoms. The average molecular weight is 255 g/mol. The first kappa shape index (κ1) is 12.1. The molecule has 3 nitrogen and oxygen atoms in total. The maximum absolute atomic E-state index is 13.7. The van der Waals surface area contributed by atoms with Crippen LogP contribution in [0, 0.1) is 5.82 Å². The van der Waals surface area contributed by atoms with Crippen LogP contribution in [0.4, 0.5) is 4.39 Å². The van der Waals surface area contributed by atoms with E-state index in [2.05, 4.69) is 0 Å². The lowest BCUT2D eigenvalue weighted by Crippen LogP contribution is -2.00. The predicted molar refractivity (Wildman–Crippen MR) is 66.1 cm³/mol. The second-order valence-corrected chi connectivity index (χ2v) is 6.29. The SMILES string of the molecule is CCn1cc(CS(C)(=O)=O)c2cccc(F)c21. The quantitative estimate of drug-likeness (QED) is 0.844. The summed E-state index contributed by atoms with van der Waals surface area (Å²) in [5.74, 6) is -0.371. The molecule has 0 aliphatic rings. The first-order chi connectivity index (χ1) is 7.92. The van der Waals surface area contributed by atoms with Crippen LogP contribution in [0.25, 0.3) is 10.9 Å². The predicted octanol–water partition coefficient (Wildman–Crippen LogP) is 2.34. The monoisotopic (exact) mass is 255 g/mol. The number of para-hydroxylation sites is 1. The van der Waals surface area contributed by atoms with Gasteiger partial charge in [0, 0.05) is 24.4 Å². The van der Waals surface area contributed by atoms with E-state index in [1.54, 1.807) is 22.9 Å². The van der Waals surface area contributed by atoms with Gasteiger partial charge in [-0.2, -0.15) is 0 Å². The number of halogens is 1. The summed E-state index contributed by atoms with van der Waals surface area (Å²) in [5, 5.41) is 0.678. The molecule has 0 amide bonds. The van der Waals surface area contributed by atoms with E-state index in [4.69, 9.17) is 0 Å². The maximum atomic E-state index is 13.7. The molecule has 1 aromatic carbocycles. The molecule has 5 heteroatoms. The van der Waals surface area contributed by atoms with Gasteiger partial charge < -0.3 is 4.57 Å². The highest BCUT2D eigenvalue weighted by molar-refractivity contribution is 7.89. The van der Waals surface area contributed by atoms with Crippen molar-refractivity contribution in [1.82, 2.24) is 4.57 Å². The van der Waals surface area contributed by atoms with Gasteiger partial charge in [-0.15, -0.1) is 0 Å². The summed E-state index contributed by atoms with van der Waals surface area (Å²) in [5.41, 5.74) is 1.14. The number of benzene rings is 1. The molecule has 2 rings (SSSR count). The van der Waals surface area contributed by atoms with Crippen molar-refractivity contribution >= 4 is 20.7 Å². The highest BCUT2D eigenvalue weighted by atomic mass is 32.2. The highest BCUT2D eigenvalue weighted by Crippen LogP contribution is 2.25. The number of aryl methyl sites for hydroxylation is 1. The zero-order valence-corrected chi connectivity index (χ0v) is 10.6. The van der Waals surface area contributed by atoms with Gasteiger partial charge in [0.1, 0.15) is 5.82 Å². The van der Waals surface area contributed by atoms with Crippen molar-refractivity contribution in [3.05, 3.63) is 35.8 Å². The summed E-state index contributed by atoms with van der Waals surface area (Å²) < 4.78 is 38.1. The van der Waals surface area contributed by atoms with Gasteiger partial charge in [0.25, 0.3) is 0 Å². The number of nitrogens with zero attached hydrogens (tertiary/aromatic N) is 1. The van der Waals surface area contributed by atoms with Crippen LogP contribution in [0.1, 0.15) is 12.5 Å². The molecule has 92 valence electrons. The van der Waals surface area contributed by atoms with Crippen molar-refractivity contribution in [2.45, 2.75) is 19.2 Å². The van der Waals surface area contributed by atoms with Crippen molar-refractivity contribution in [3.8, 4) is 0 Å². The minimum atomic E-state index is -3.11. The molecule has 0 aliphatic heterocycles. The van der Waals surface area contributed by atoms with Crippen LogP contribution >= 0.6 is 0 Å². The van der Waals surface area contributed by atoms with E-state index in [1.165, 1.54) is 12.3 Å². The fourth-order valence-corrected chi connectivity index (χ4v) is 2.83. The Balaban J connectivity index is 2.70. The summed E-state index contributed by atoms with van der Waals surface area (Å²) in [7, 11) is -3.11. The summed E-state index contributed by atoms with van der Waals surface area (Å²) in [4.78, 5) is 0. The number of sulfone groups is 1. The minimum Gasteiger partial charge on any atom is -0.345 e. The van der Waals surface area contributed by atoms with Gasteiger partial charge in [-0.25, -0.2) is 12.8 Å². The Labute approximate surface area is 99.8 Å². The van der Waals surface area contributed by atoms with Gasteiger partial charge >= 0.3 is 0 Å². The number of aromatic nitrogens is 1. The third-order valence-electron chi connectivity index (χ3n) is 2.69. The zero-order chi connectivity index (χ0) is 12.6. The molecule has 2 aromatic rings. The molecule has 1 aromatic heterocycles. The van der Waals surface area contributed by atoms with E-state index < -0.39 is 9.84 Å². The van der Waals surface area contributed by atoms with Crippen LogP contribution < -0.4 is 0 Å². The van der Waals surface area contributed by atoms with E-state index >= 15 is 0 Å². The van der Waals surface area contributed by atoms with Gasteiger partial charge in [0.2, 0.25) is 0 Å². The summed E-state index contributed by atoms with van der Waals surface area (Å²) in [6, 6.07) is 4.74. The Kier molecular flexibility index (Phi) is 2.95. The van der Waals surface area contributed by atoms with Crippen molar-refractivity contribution in [2.75, 3.05) is 6.26 Å². The molecule has 0 aliphatic carbocycles. The van der Waals surface area contributed by atoms with Crippen molar-refractivity contribution in [3.63, 3.8) is 0 Å². The molecule has 1 heterocycles. The Morgan fingerprint density at radius 1 is 1.35 bits per heavy atom. The lowest BCUT2D eigenvalue weighted by molar-refractivity contribution is 0.601. The number of hydrogen-bond donors (Lipinski definition) is 0. The Morgan fingerprint density at radius 3 is 2.65 bits per heavy atom. The van der Waals surface area contributed by atoms with Crippen LogP contribution in [-0.4, -0.2) is 19.2 Å². The summed E-state index contributed by atoms with van der Waals surface area (Å²) in [6.07, 6.45) is 2.90. The topological polar surface area (TPSA) is 39.1 Å². The molecule has 0 radical (unpaired) electrons. The van der Waals surface area contributed by atoms with Gasteiger partial charge in [-0.3, -0.25) is 0 Å². The van der Waals surface area contributed by atoms with E-state index in [1.807, 2.05) is 6.92 Å². The average Bonchev–Trinajstić information content (AvgIpc) is 2.56. The molecule has 0 unspecified atom stereocenters. The maximum Gasteiger partial charge on any atom is 0.151 e. The molecular formula is C12H14FNO2S. The summed E-state index contributed by atoms with van der Waals surface area (Å²) >= 11 is 0. The largest absolute Gasteiger partial charge is 0.345 e. The second kappa shape index (κ2) is 4.14. The molecule has 0 fully saturated rings. The first-order valence-electron chi connectivity index (χ1n) is 5.36. The normalized spacial score (nSPS) is 12.2. The fraction of sp³-hybridized carbons (Fsp3) is 0.333. The van der Waals surface area contributed by atoms with E-state index in [0.29, 0.717) is 23.0 Å². The van der Waals surface area contributed by atoms with E-state index in [-0.39, 0.29) is 11.6 Å². The van der Waals surface area contributed by atoms with Crippen LogP contribution in [0.15, 0.2) is 24.4 Å². The highest BCUT2D eigenvalue weighted by Gasteiger charge is 2.14. The molecular weight excluding hydrogens is 241 g/mol. The van der Waals surface area contributed by atoms with Crippen LogP contribution in [-0.2, 0) is 22.1 Å². The third-order valence-corrected chi connectivity index (χ3v) is 3.53. The van der Waals surface area contributed by atoms with E-state index in [9.17, 15) is 12.8 Å². The Morgan fingerprint density at radius 2 is 2.06 bits per heavy atom. The minimum absolute atomic E-state index is 0.0556. The smallest absolute Gasteiger partial charge is 0.151 e. The lowest BCUT2D eigenvalue weighted by Gasteiger charge is -2.00. The van der Waals surface area contributed by atoms with Crippen LogP contribution in [0.5, 0.6) is 0 Å². The molecule has 0 spiro atoms. The molecule has 17 heavy (non-hydrogen) atoms. The van der Waals surface area contributed by atoms with Gasteiger partial charge in [0.05, 0.1) is 11.3 Å².